The van der Waals surface area contributed by atoms with Gasteiger partial charge in [0.2, 0.25) is 0 Å². The lowest BCUT2D eigenvalue weighted by Gasteiger charge is -2.13. The molecule has 1 heteroatoms. The molecule has 0 N–H and O–H groups in total. The van der Waals surface area contributed by atoms with Crippen LogP contribution in [0.15, 0.2) is 35.9 Å². The molecule has 0 spiro atoms. The number of hydrogen-bond acceptors (Lipinski definition) is 1. The molecule has 0 saturated carbocycles. The van der Waals surface area contributed by atoms with Crippen molar-refractivity contribution in [1.82, 2.24) is 0 Å². The average Bonchev–Trinajstić information content (AvgIpc) is 2.64. The molecule has 0 aliphatic carbocycles. The molecule has 1 nitrogen and oxygen atoms in total. The highest BCUT2D eigenvalue weighted by Crippen LogP contribution is 2.22. The van der Waals surface area contributed by atoms with Crippen LogP contribution in [0.4, 0.5) is 0 Å². The van der Waals surface area contributed by atoms with Gasteiger partial charge in [-0.05, 0) is 69.1 Å². The molecule has 1 rings (SSSR count). The van der Waals surface area contributed by atoms with Gasteiger partial charge in [-0.15, -0.1) is 0 Å². The molecule has 0 aromatic heterocycles. The van der Waals surface area contributed by atoms with Crippen LogP contribution in [0, 0.1) is 5.92 Å². The summed E-state index contributed by atoms with van der Waals surface area (Å²) in [5, 5.41) is 0. The fraction of sp³-hybridized carbons (Fsp3) is 0.667. The molecule has 0 bridgehead atoms. The van der Waals surface area contributed by atoms with E-state index in [9.17, 15) is 0 Å². The number of hydrogen-bond donors (Lipinski definition) is 0. The van der Waals surface area contributed by atoms with Crippen LogP contribution in [-0.4, -0.2) is 6.61 Å². The zero-order valence-corrected chi connectivity index (χ0v) is 18.5. The molecule has 2 atom stereocenters. The highest BCUT2D eigenvalue weighted by molar-refractivity contribution is 5.29. The second-order valence-electron chi connectivity index (χ2n) is 6.48. The van der Waals surface area contributed by atoms with Crippen molar-refractivity contribution in [3.05, 3.63) is 41.5 Å². The molecule has 0 heterocycles. The fourth-order valence-electron chi connectivity index (χ4n) is 2.31. The first-order chi connectivity index (χ1) is 12.0. The fourth-order valence-corrected chi connectivity index (χ4v) is 2.31. The molecule has 0 aliphatic heterocycles. The Bertz CT molecular complexity index is 412. The van der Waals surface area contributed by atoms with E-state index in [-0.39, 0.29) is 0 Å². The summed E-state index contributed by atoms with van der Waals surface area (Å²) in [5.74, 6) is 2.35. The predicted octanol–water partition coefficient (Wildman–Crippen LogP) is 8.40. The third kappa shape index (κ3) is 13.7. The molecular weight excluding hydrogens is 304 g/mol. The van der Waals surface area contributed by atoms with Gasteiger partial charge in [-0.2, -0.15) is 0 Å². The summed E-state index contributed by atoms with van der Waals surface area (Å²) >= 11 is 0. The summed E-state index contributed by atoms with van der Waals surface area (Å²) < 4.78 is 5.86. The Hall–Kier alpha value is -1.24. The Labute approximate surface area is 158 Å². The maximum absolute atomic E-state index is 5.86. The Kier molecular flexibility index (Phi) is 18.3. The van der Waals surface area contributed by atoms with E-state index in [0.29, 0.717) is 5.92 Å². The lowest BCUT2D eigenvalue weighted by atomic mass is 9.99. The molecule has 25 heavy (non-hydrogen) atoms. The zero-order valence-electron chi connectivity index (χ0n) is 18.5. The van der Waals surface area contributed by atoms with Gasteiger partial charge in [0.1, 0.15) is 5.75 Å². The number of benzene rings is 1. The summed E-state index contributed by atoms with van der Waals surface area (Å²) in [6.07, 6.45) is 7.08. The highest BCUT2D eigenvalue weighted by Gasteiger charge is 2.04. The number of allylic oxidation sites excluding steroid dienone is 2. The van der Waals surface area contributed by atoms with E-state index in [2.05, 4.69) is 65.0 Å². The van der Waals surface area contributed by atoms with Crippen LogP contribution in [0.1, 0.15) is 99.5 Å². The summed E-state index contributed by atoms with van der Waals surface area (Å²) in [5.41, 5.74) is 2.82. The minimum atomic E-state index is 0.633. The number of rotatable bonds is 9. The van der Waals surface area contributed by atoms with Crippen molar-refractivity contribution in [2.24, 2.45) is 5.92 Å². The maximum Gasteiger partial charge on any atom is 0.119 e. The van der Waals surface area contributed by atoms with Crippen molar-refractivity contribution in [2.45, 2.75) is 93.9 Å². The maximum atomic E-state index is 5.86. The first kappa shape index (κ1) is 26.0. The van der Waals surface area contributed by atoms with Gasteiger partial charge in [-0.1, -0.05) is 72.2 Å². The standard InChI is InChI=1S/C20H32O.2C2H6/c1-6-18(5)19-10-12-20(13-11-19)21-15-14-17(4)9-7-8-16(2)3;2*1-2/h8,10-13,17-18H,6-7,9,14-15H2,1-5H3;2*1-2H3. The van der Waals surface area contributed by atoms with Gasteiger partial charge in [-0.25, -0.2) is 0 Å². The number of ether oxygens (including phenoxy) is 1. The lowest BCUT2D eigenvalue weighted by molar-refractivity contribution is 0.279. The topological polar surface area (TPSA) is 9.23 Å². The first-order valence-electron chi connectivity index (χ1n) is 10.4. The van der Waals surface area contributed by atoms with Gasteiger partial charge in [0.15, 0.2) is 0 Å². The van der Waals surface area contributed by atoms with E-state index in [4.69, 9.17) is 4.74 Å². The monoisotopic (exact) mass is 348 g/mol. The first-order valence-corrected chi connectivity index (χ1v) is 10.4. The molecule has 0 saturated heterocycles. The van der Waals surface area contributed by atoms with Crippen LogP contribution in [0.2, 0.25) is 0 Å². The van der Waals surface area contributed by atoms with Gasteiger partial charge < -0.3 is 4.74 Å². The Balaban J connectivity index is 0. The van der Waals surface area contributed by atoms with E-state index < -0.39 is 0 Å². The molecule has 1 aromatic rings. The predicted molar refractivity (Wildman–Crippen MR) is 116 cm³/mol. The highest BCUT2D eigenvalue weighted by atomic mass is 16.5. The average molecular weight is 349 g/mol. The van der Waals surface area contributed by atoms with E-state index in [1.165, 1.54) is 30.4 Å². The molecular formula is C24H44O. The zero-order chi connectivity index (χ0) is 19.7. The van der Waals surface area contributed by atoms with Crippen LogP contribution >= 0.6 is 0 Å². The lowest BCUT2D eigenvalue weighted by Crippen LogP contribution is -2.04. The van der Waals surface area contributed by atoms with Gasteiger partial charge >= 0.3 is 0 Å². The summed E-state index contributed by atoms with van der Waals surface area (Å²) in [7, 11) is 0. The van der Waals surface area contributed by atoms with Gasteiger partial charge in [0.05, 0.1) is 6.61 Å². The van der Waals surface area contributed by atoms with Crippen molar-refractivity contribution in [3.63, 3.8) is 0 Å². The van der Waals surface area contributed by atoms with E-state index in [1.54, 1.807) is 0 Å². The molecule has 1 aromatic carbocycles. The van der Waals surface area contributed by atoms with Crippen LogP contribution in [0.3, 0.4) is 0 Å². The Morgan fingerprint density at radius 3 is 2.00 bits per heavy atom. The molecule has 0 aliphatic rings. The second-order valence-corrected chi connectivity index (χ2v) is 6.48. The summed E-state index contributed by atoms with van der Waals surface area (Å²) in [4.78, 5) is 0. The van der Waals surface area contributed by atoms with Crippen molar-refractivity contribution in [1.29, 1.82) is 0 Å². The van der Waals surface area contributed by atoms with E-state index in [0.717, 1.165) is 24.7 Å². The van der Waals surface area contributed by atoms with Crippen LogP contribution < -0.4 is 4.74 Å². The minimum absolute atomic E-state index is 0.633. The van der Waals surface area contributed by atoms with Gasteiger partial charge in [-0.3, -0.25) is 0 Å². The van der Waals surface area contributed by atoms with Gasteiger partial charge in [0.25, 0.3) is 0 Å². The van der Waals surface area contributed by atoms with E-state index in [1.807, 2.05) is 27.7 Å². The SMILES string of the molecule is CC.CC.CCC(C)c1ccc(OCCC(C)CCC=C(C)C)cc1. The van der Waals surface area contributed by atoms with Crippen molar-refractivity contribution >= 4 is 0 Å². The molecule has 0 fully saturated rings. The van der Waals surface area contributed by atoms with Crippen LogP contribution in [0.25, 0.3) is 0 Å². The van der Waals surface area contributed by atoms with Gasteiger partial charge in [0, 0.05) is 0 Å². The summed E-state index contributed by atoms with van der Waals surface area (Å²) in [6.45, 7) is 20.0. The third-order valence-electron chi connectivity index (χ3n) is 4.15. The van der Waals surface area contributed by atoms with Crippen LogP contribution in [-0.2, 0) is 0 Å². The minimum Gasteiger partial charge on any atom is -0.494 e. The van der Waals surface area contributed by atoms with E-state index >= 15 is 0 Å². The molecule has 0 amide bonds. The molecule has 0 radical (unpaired) electrons. The van der Waals surface area contributed by atoms with Crippen molar-refractivity contribution < 1.29 is 4.74 Å². The third-order valence-corrected chi connectivity index (χ3v) is 4.15. The van der Waals surface area contributed by atoms with Crippen LogP contribution in [0.5, 0.6) is 5.75 Å². The largest absolute Gasteiger partial charge is 0.494 e. The normalized spacial score (nSPS) is 11.9. The summed E-state index contributed by atoms with van der Waals surface area (Å²) in [6, 6.07) is 8.61. The van der Waals surface area contributed by atoms with Crippen molar-refractivity contribution in [3.8, 4) is 5.75 Å². The Morgan fingerprint density at radius 2 is 1.52 bits per heavy atom. The molecule has 146 valence electrons. The van der Waals surface area contributed by atoms with Crippen molar-refractivity contribution in [2.75, 3.05) is 6.61 Å². The second kappa shape index (κ2) is 17.6. The Morgan fingerprint density at radius 1 is 0.960 bits per heavy atom. The smallest absolute Gasteiger partial charge is 0.119 e. The quantitative estimate of drug-likeness (QED) is 0.407. The molecule has 2 unspecified atom stereocenters.